The lowest BCUT2D eigenvalue weighted by molar-refractivity contribution is -0.278. The van der Waals surface area contributed by atoms with Crippen LogP contribution >= 0.6 is 0 Å². The molecule has 12 heteroatoms. The molecule has 0 amide bonds. The Bertz CT molecular complexity index is 1070. The van der Waals surface area contributed by atoms with Gasteiger partial charge < -0.3 is 39.0 Å². The number of hydrogen-bond donors (Lipinski definition) is 3. The predicted molar refractivity (Wildman–Crippen MR) is 128 cm³/mol. The summed E-state index contributed by atoms with van der Waals surface area (Å²) in [7, 11) is 1.12. The number of nitrogens with zero attached hydrogens (tertiary/aromatic N) is 2. The minimum absolute atomic E-state index is 0.0412. The van der Waals surface area contributed by atoms with E-state index in [1.165, 1.54) is 6.07 Å². The fourth-order valence-corrected chi connectivity index (χ4v) is 4.01. The average Bonchev–Trinajstić information content (AvgIpc) is 3.14. The van der Waals surface area contributed by atoms with E-state index in [9.17, 15) is 24.5 Å². The molecule has 1 aliphatic rings. The highest BCUT2D eigenvalue weighted by atomic mass is 19.1. The second-order valence-electron chi connectivity index (χ2n) is 9.41. The van der Waals surface area contributed by atoms with Crippen molar-refractivity contribution in [3.63, 3.8) is 0 Å². The Kier molecular flexibility index (Phi) is 9.35. The molecule has 37 heavy (non-hydrogen) atoms. The monoisotopic (exact) mass is 526 g/mol. The van der Waals surface area contributed by atoms with Gasteiger partial charge in [0.25, 0.3) is 0 Å². The lowest BCUT2D eigenvalue weighted by atomic mass is 9.99. The number of benzene rings is 1. The van der Waals surface area contributed by atoms with E-state index in [1.54, 1.807) is 16.8 Å². The zero-order valence-electron chi connectivity index (χ0n) is 21.8. The van der Waals surface area contributed by atoms with Gasteiger partial charge in [-0.3, -0.25) is 4.68 Å². The standard InChI is InChI=1S/C25H35FN2O9/c1-12(2)28-14(5)16(9-15-7-8-18(17(26)10-15)35-13(3)4)23(27-28)37-24-22(31)21(30)20(29)19(36-24)11-34-25(32)33-6/h7-8,10,12-13,19-22,24,29-31H,9,11H2,1-6H3/t19-,20-,21?,22-,24+/m1/s1. The summed E-state index contributed by atoms with van der Waals surface area (Å²) in [4.78, 5) is 11.3. The number of halogens is 1. The van der Waals surface area contributed by atoms with Crippen molar-refractivity contribution in [2.75, 3.05) is 13.7 Å². The van der Waals surface area contributed by atoms with E-state index in [4.69, 9.17) is 18.9 Å². The topological polar surface area (TPSA) is 142 Å². The Labute approximate surface area is 214 Å². The minimum atomic E-state index is -1.65. The number of aliphatic hydroxyl groups excluding tert-OH is 3. The van der Waals surface area contributed by atoms with Gasteiger partial charge >= 0.3 is 6.16 Å². The number of methoxy groups -OCH3 is 1. The Morgan fingerprint density at radius 2 is 1.86 bits per heavy atom. The normalized spacial score (nSPS) is 23.8. The number of ether oxygens (including phenoxy) is 5. The average molecular weight is 527 g/mol. The van der Waals surface area contributed by atoms with Crippen molar-refractivity contribution in [2.45, 2.75) is 83.9 Å². The maximum atomic E-state index is 14.6. The summed E-state index contributed by atoms with van der Waals surface area (Å²) in [6.07, 6.45) is -8.42. The molecule has 0 bridgehead atoms. The molecule has 0 radical (unpaired) electrons. The fourth-order valence-electron chi connectivity index (χ4n) is 4.01. The summed E-state index contributed by atoms with van der Waals surface area (Å²) in [6.45, 7) is 8.86. The molecule has 1 fully saturated rings. The van der Waals surface area contributed by atoms with Crippen LogP contribution in [0.3, 0.4) is 0 Å². The van der Waals surface area contributed by atoms with Crippen LogP contribution in [-0.4, -0.2) is 81.8 Å². The maximum absolute atomic E-state index is 14.6. The molecular weight excluding hydrogens is 491 g/mol. The van der Waals surface area contributed by atoms with Crippen LogP contribution in [0.4, 0.5) is 9.18 Å². The van der Waals surface area contributed by atoms with Crippen LogP contribution in [0.25, 0.3) is 0 Å². The summed E-state index contributed by atoms with van der Waals surface area (Å²) < 4.78 is 42.6. The molecule has 5 atom stereocenters. The lowest BCUT2D eigenvalue weighted by Crippen LogP contribution is -2.60. The molecule has 11 nitrogen and oxygen atoms in total. The van der Waals surface area contributed by atoms with E-state index in [1.807, 2.05) is 34.6 Å². The van der Waals surface area contributed by atoms with Crippen molar-refractivity contribution in [2.24, 2.45) is 0 Å². The Balaban J connectivity index is 1.87. The first-order chi connectivity index (χ1) is 17.4. The summed E-state index contributed by atoms with van der Waals surface area (Å²) in [5.74, 6) is -0.245. The maximum Gasteiger partial charge on any atom is 0.508 e. The quantitative estimate of drug-likeness (QED) is 0.417. The van der Waals surface area contributed by atoms with E-state index < -0.39 is 49.3 Å². The van der Waals surface area contributed by atoms with Crippen molar-refractivity contribution in [1.82, 2.24) is 9.78 Å². The molecule has 1 aliphatic heterocycles. The molecule has 3 N–H and O–H groups in total. The van der Waals surface area contributed by atoms with E-state index in [-0.39, 0.29) is 30.2 Å². The Morgan fingerprint density at radius 3 is 2.46 bits per heavy atom. The highest BCUT2D eigenvalue weighted by Gasteiger charge is 2.46. The molecule has 1 aromatic carbocycles. The van der Waals surface area contributed by atoms with Crippen molar-refractivity contribution in [3.8, 4) is 11.6 Å². The van der Waals surface area contributed by atoms with E-state index >= 15 is 0 Å². The highest BCUT2D eigenvalue weighted by molar-refractivity contribution is 5.59. The number of aromatic nitrogens is 2. The van der Waals surface area contributed by atoms with Crippen LogP contribution in [0, 0.1) is 12.7 Å². The molecule has 0 spiro atoms. The summed E-state index contributed by atoms with van der Waals surface area (Å²) in [5, 5.41) is 35.6. The SMILES string of the molecule is COC(=O)OC[C@H]1O[C@@H](Oc2nn(C(C)C)c(C)c2Cc2ccc(OC(C)C)c(F)c2)[C@H](O)C(O)[C@@H]1O. The Hall–Kier alpha value is -2.93. The largest absolute Gasteiger partial charge is 0.508 e. The third-order valence-corrected chi connectivity index (χ3v) is 5.89. The van der Waals surface area contributed by atoms with Crippen molar-refractivity contribution < 1.29 is 48.2 Å². The minimum Gasteiger partial charge on any atom is -0.488 e. The van der Waals surface area contributed by atoms with Gasteiger partial charge in [-0.2, -0.15) is 0 Å². The van der Waals surface area contributed by atoms with Crippen LogP contribution in [0.2, 0.25) is 0 Å². The highest BCUT2D eigenvalue weighted by Crippen LogP contribution is 2.31. The van der Waals surface area contributed by atoms with Crippen molar-refractivity contribution in [1.29, 1.82) is 0 Å². The van der Waals surface area contributed by atoms with Crippen LogP contribution < -0.4 is 9.47 Å². The van der Waals surface area contributed by atoms with Gasteiger partial charge in [0.15, 0.2) is 11.6 Å². The van der Waals surface area contributed by atoms with Crippen LogP contribution in [-0.2, 0) is 20.6 Å². The van der Waals surface area contributed by atoms with Crippen LogP contribution in [0.5, 0.6) is 11.6 Å². The van der Waals surface area contributed by atoms with Gasteiger partial charge in [-0.1, -0.05) is 6.07 Å². The van der Waals surface area contributed by atoms with Crippen LogP contribution in [0.1, 0.15) is 50.6 Å². The summed E-state index contributed by atoms with van der Waals surface area (Å²) >= 11 is 0. The molecule has 206 valence electrons. The number of carbonyl (C=O) groups excluding carboxylic acids is 1. The summed E-state index contributed by atoms with van der Waals surface area (Å²) in [5.41, 5.74) is 2.00. The van der Waals surface area contributed by atoms with E-state index in [0.29, 0.717) is 11.1 Å². The third kappa shape index (κ3) is 6.69. The van der Waals surface area contributed by atoms with Gasteiger partial charge in [-0.15, -0.1) is 5.10 Å². The zero-order chi connectivity index (χ0) is 27.4. The van der Waals surface area contributed by atoms with Crippen molar-refractivity contribution >= 4 is 6.16 Å². The zero-order valence-corrected chi connectivity index (χ0v) is 21.8. The molecule has 3 rings (SSSR count). The molecule has 2 aromatic rings. The molecular formula is C25H35FN2O9. The van der Waals surface area contributed by atoms with Crippen LogP contribution in [0.15, 0.2) is 18.2 Å². The molecule has 0 aliphatic carbocycles. The van der Waals surface area contributed by atoms with E-state index in [2.05, 4.69) is 9.84 Å². The van der Waals surface area contributed by atoms with E-state index in [0.717, 1.165) is 12.8 Å². The van der Waals surface area contributed by atoms with Gasteiger partial charge in [0.1, 0.15) is 31.0 Å². The molecule has 2 heterocycles. The van der Waals surface area contributed by atoms with Gasteiger partial charge in [-0.05, 0) is 52.3 Å². The van der Waals surface area contributed by atoms with Gasteiger partial charge in [0.05, 0.1) is 13.2 Å². The molecule has 1 unspecified atom stereocenters. The van der Waals surface area contributed by atoms with Gasteiger partial charge in [0.2, 0.25) is 12.2 Å². The first-order valence-corrected chi connectivity index (χ1v) is 12.0. The first-order valence-electron chi connectivity index (χ1n) is 12.0. The third-order valence-electron chi connectivity index (χ3n) is 5.89. The lowest BCUT2D eigenvalue weighted by Gasteiger charge is -2.39. The van der Waals surface area contributed by atoms with Gasteiger partial charge in [0, 0.05) is 23.7 Å². The second kappa shape index (κ2) is 12.1. The number of aliphatic hydroxyl groups is 3. The molecule has 0 saturated carbocycles. The fraction of sp³-hybridized carbons (Fsp3) is 0.600. The summed E-state index contributed by atoms with van der Waals surface area (Å²) in [6, 6.07) is 4.63. The number of carbonyl (C=O) groups is 1. The van der Waals surface area contributed by atoms with Crippen molar-refractivity contribution in [3.05, 3.63) is 40.8 Å². The Morgan fingerprint density at radius 1 is 1.16 bits per heavy atom. The smallest absolute Gasteiger partial charge is 0.488 e. The first kappa shape index (κ1) is 28.6. The number of rotatable bonds is 9. The predicted octanol–water partition coefficient (Wildman–Crippen LogP) is 2.26. The molecule has 1 aromatic heterocycles. The second-order valence-corrected chi connectivity index (χ2v) is 9.41. The van der Waals surface area contributed by atoms with Gasteiger partial charge in [-0.25, -0.2) is 9.18 Å². The molecule has 1 saturated heterocycles. The number of hydrogen-bond acceptors (Lipinski definition) is 10.